The van der Waals surface area contributed by atoms with E-state index in [1.165, 1.54) is 27.7 Å². The van der Waals surface area contributed by atoms with Crippen molar-refractivity contribution in [1.82, 2.24) is 0 Å². The first-order valence-electron chi connectivity index (χ1n) is 12.2. The van der Waals surface area contributed by atoms with Gasteiger partial charge in [-0.3, -0.25) is 9.59 Å². The van der Waals surface area contributed by atoms with Crippen LogP contribution in [0.5, 0.6) is 0 Å². The molecule has 214 valence electrons. The van der Waals surface area contributed by atoms with Crippen LogP contribution < -0.4 is 11.5 Å². The van der Waals surface area contributed by atoms with E-state index in [4.69, 9.17) is 34.8 Å². The second-order valence-corrected chi connectivity index (χ2v) is 8.43. The molecule has 2 unspecified atom stereocenters. The molecule has 0 saturated carbocycles. The maximum atomic E-state index is 11.9. The Labute approximate surface area is 234 Å². The predicted octanol–water partition coefficient (Wildman–Crippen LogP) is 4.12. The van der Waals surface area contributed by atoms with Gasteiger partial charge in [0.25, 0.3) is 0 Å². The maximum Gasteiger partial charge on any atom is 0.438 e. The van der Waals surface area contributed by atoms with E-state index in [1.807, 2.05) is 0 Å². The SMILES string of the molecule is CC(=O)OC(C)OC(=O)/N=C(\N)c1ccc(-c2ccc(-c3ccc(/C(N)=N/C(=O)OC(C)OC(C)=O)cc3)o2)cc1. The highest BCUT2D eigenvalue weighted by Crippen LogP contribution is 2.29. The summed E-state index contributed by atoms with van der Waals surface area (Å²) < 4.78 is 25.1. The molecule has 13 heteroatoms. The van der Waals surface area contributed by atoms with Crippen LogP contribution in [0.4, 0.5) is 9.59 Å². The molecule has 0 bridgehead atoms. The Morgan fingerprint density at radius 1 is 0.610 bits per heavy atom. The number of amidine groups is 2. The van der Waals surface area contributed by atoms with Gasteiger partial charge >= 0.3 is 24.1 Å². The fourth-order valence-electron chi connectivity index (χ4n) is 3.44. The third kappa shape index (κ3) is 9.06. The summed E-state index contributed by atoms with van der Waals surface area (Å²) >= 11 is 0. The van der Waals surface area contributed by atoms with Gasteiger partial charge in [-0.2, -0.15) is 9.98 Å². The average Bonchev–Trinajstić information content (AvgIpc) is 3.38. The zero-order valence-electron chi connectivity index (χ0n) is 22.7. The molecule has 1 aromatic heterocycles. The average molecular weight is 565 g/mol. The highest BCUT2D eigenvalue weighted by atomic mass is 16.7. The second kappa shape index (κ2) is 13.6. The van der Waals surface area contributed by atoms with E-state index < -0.39 is 36.7 Å². The highest BCUT2D eigenvalue weighted by Gasteiger charge is 2.14. The molecular weight excluding hydrogens is 536 g/mol. The summed E-state index contributed by atoms with van der Waals surface area (Å²) in [6.45, 7) is 5.14. The standard InChI is InChI=1S/C28H28N4O9/c1-15(33)37-17(3)39-27(35)31-25(29)21-9-5-19(6-10-21)23-13-14-24(41-23)20-7-11-22(12-8-20)26(30)32-28(36)40-18(4)38-16(2)34/h5-14,17-18H,1-4H3,(H2,29,31,35)(H2,30,32,36). The first-order chi connectivity index (χ1) is 19.4. The van der Waals surface area contributed by atoms with Crippen LogP contribution in [-0.4, -0.2) is 48.4 Å². The predicted molar refractivity (Wildman–Crippen MR) is 146 cm³/mol. The Morgan fingerprint density at radius 2 is 0.951 bits per heavy atom. The number of nitrogens with zero attached hydrogens (tertiary/aromatic N) is 2. The van der Waals surface area contributed by atoms with E-state index in [0.717, 1.165) is 11.1 Å². The van der Waals surface area contributed by atoms with Gasteiger partial charge in [0, 0.05) is 49.9 Å². The lowest BCUT2D eigenvalue weighted by molar-refractivity contribution is -0.163. The number of esters is 2. The summed E-state index contributed by atoms with van der Waals surface area (Å²) in [5, 5.41) is 0. The Kier molecular flexibility index (Phi) is 9.95. The number of aliphatic imine (C=N–C) groups is 2. The molecule has 0 aliphatic heterocycles. The topological polar surface area (TPSA) is 195 Å². The number of carbonyl (C=O) groups excluding carboxylic acids is 4. The number of carbonyl (C=O) groups is 4. The molecule has 0 fully saturated rings. The van der Waals surface area contributed by atoms with Crippen molar-refractivity contribution in [3.05, 3.63) is 71.8 Å². The molecule has 4 N–H and O–H groups in total. The lowest BCUT2D eigenvalue weighted by atomic mass is 10.1. The molecule has 3 aromatic rings. The molecular formula is C28H28N4O9. The van der Waals surface area contributed by atoms with Gasteiger partial charge in [-0.25, -0.2) is 9.59 Å². The van der Waals surface area contributed by atoms with Gasteiger partial charge in [-0.15, -0.1) is 0 Å². The van der Waals surface area contributed by atoms with Crippen molar-refractivity contribution in [3.8, 4) is 22.6 Å². The maximum absolute atomic E-state index is 11.9. The summed E-state index contributed by atoms with van der Waals surface area (Å²) in [4.78, 5) is 52.9. The van der Waals surface area contributed by atoms with Crippen molar-refractivity contribution < 1.29 is 42.5 Å². The molecule has 0 aliphatic carbocycles. The molecule has 3 rings (SSSR count). The molecule has 0 spiro atoms. The molecule has 0 radical (unpaired) electrons. The monoisotopic (exact) mass is 564 g/mol. The Hall–Kier alpha value is -5.46. The van der Waals surface area contributed by atoms with Crippen LogP contribution in [0.25, 0.3) is 22.6 Å². The highest BCUT2D eigenvalue weighted by molar-refractivity contribution is 6.03. The lowest BCUT2D eigenvalue weighted by Crippen LogP contribution is -2.21. The smallest absolute Gasteiger partial charge is 0.438 e. The van der Waals surface area contributed by atoms with Gasteiger partial charge < -0.3 is 34.8 Å². The van der Waals surface area contributed by atoms with Crippen molar-refractivity contribution in [1.29, 1.82) is 0 Å². The normalized spacial score (nSPS) is 13.1. The van der Waals surface area contributed by atoms with Crippen LogP contribution in [0.1, 0.15) is 38.8 Å². The zero-order chi connectivity index (χ0) is 30.1. The Balaban J connectivity index is 1.64. The number of rotatable bonds is 8. The third-order valence-corrected chi connectivity index (χ3v) is 5.16. The lowest BCUT2D eigenvalue weighted by Gasteiger charge is -2.10. The molecule has 2 amide bonds. The second-order valence-electron chi connectivity index (χ2n) is 8.43. The summed E-state index contributed by atoms with van der Waals surface area (Å²) in [5.74, 6) is -0.200. The van der Waals surface area contributed by atoms with Gasteiger partial charge in [0.05, 0.1) is 0 Å². The van der Waals surface area contributed by atoms with Gasteiger partial charge in [-0.1, -0.05) is 48.5 Å². The number of nitrogens with two attached hydrogens (primary N) is 2. The zero-order valence-corrected chi connectivity index (χ0v) is 22.7. The number of amides is 2. The summed E-state index contributed by atoms with van der Waals surface area (Å²) in [5.41, 5.74) is 14.2. The molecule has 41 heavy (non-hydrogen) atoms. The van der Waals surface area contributed by atoms with Crippen LogP contribution in [0.3, 0.4) is 0 Å². The summed E-state index contributed by atoms with van der Waals surface area (Å²) in [6, 6.07) is 17.2. The molecule has 13 nitrogen and oxygen atoms in total. The Bertz CT molecular complexity index is 1360. The van der Waals surface area contributed by atoms with Crippen molar-refractivity contribution in [3.63, 3.8) is 0 Å². The number of hydrogen-bond acceptors (Lipinski definition) is 9. The van der Waals surface area contributed by atoms with E-state index in [-0.39, 0.29) is 11.7 Å². The minimum Gasteiger partial charge on any atom is -0.456 e. The van der Waals surface area contributed by atoms with Crippen LogP contribution >= 0.6 is 0 Å². The quantitative estimate of drug-likeness (QED) is 0.173. The van der Waals surface area contributed by atoms with Crippen LogP contribution in [0, 0.1) is 0 Å². The van der Waals surface area contributed by atoms with E-state index >= 15 is 0 Å². The van der Waals surface area contributed by atoms with Gasteiger partial charge in [0.15, 0.2) is 0 Å². The van der Waals surface area contributed by atoms with E-state index in [1.54, 1.807) is 60.7 Å². The number of hydrogen-bond donors (Lipinski definition) is 2. The van der Waals surface area contributed by atoms with Gasteiger partial charge in [-0.05, 0) is 12.1 Å². The summed E-state index contributed by atoms with van der Waals surface area (Å²) in [7, 11) is 0. The number of ether oxygens (including phenoxy) is 4. The minimum absolute atomic E-state index is 0.0771. The van der Waals surface area contributed by atoms with E-state index in [9.17, 15) is 19.2 Å². The van der Waals surface area contributed by atoms with Crippen LogP contribution in [-0.2, 0) is 28.5 Å². The van der Waals surface area contributed by atoms with Gasteiger partial charge in [0.2, 0.25) is 12.6 Å². The van der Waals surface area contributed by atoms with Gasteiger partial charge in [0.1, 0.15) is 23.2 Å². The Morgan fingerprint density at radius 3 is 1.27 bits per heavy atom. The fraction of sp³-hybridized carbons (Fsp3) is 0.214. The van der Waals surface area contributed by atoms with Crippen molar-refractivity contribution in [2.24, 2.45) is 21.5 Å². The summed E-state index contributed by atoms with van der Waals surface area (Å²) in [6.07, 6.45) is -4.18. The van der Waals surface area contributed by atoms with Crippen molar-refractivity contribution >= 4 is 35.8 Å². The van der Waals surface area contributed by atoms with Crippen LogP contribution in [0.2, 0.25) is 0 Å². The fourth-order valence-corrected chi connectivity index (χ4v) is 3.44. The molecule has 0 aliphatic rings. The minimum atomic E-state index is -1.10. The third-order valence-electron chi connectivity index (χ3n) is 5.16. The first-order valence-corrected chi connectivity index (χ1v) is 12.2. The molecule has 2 aromatic carbocycles. The molecule has 1 heterocycles. The first kappa shape index (κ1) is 30.1. The number of benzene rings is 2. The van der Waals surface area contributed by atoms with Crippen molar-refractivity contribution in [2.75, 3.05) is 0 Å². The molecule has 2 atom stereocenters. The van der Waals surface area contributed by atoms with E-state index in [2.05, 4.69) is 9.98 Å². The van der Waals surface area contributed by atoms with Crippen LogP contribution in [0.15, 0.2) is 75.1 Å². The number of furan rings is 1. The largest absolute Gasteiger partial charge is 0.456 e. The van der Waals surface area contributed by atoms with Crippen molar-refractivity contribution in [2.45, 2.75) is 40.3 Å². The molecule has 0 saturated heterocycles. The van der Waals surface area contributed by atoms with E-state index in [0.29, 0.717) is 22.6 Å².